The van der Waals surface area contributed by atoms with Crippen molar-refractivity contribution < 1.29 is 0 Å². The molecule has 0 saturated carbocycles. The Morgan fingerprint density at radius 2 is 1.33 bits per heavy atom. The Balaban J connectivity index is 1.52. The van der Waals surface area contributed by atoms with Crippen molar-refractivity contribution in [2.75, 3.05) is 13.1 Å². The lowest BCUT2D eigenvalue weighted by Crippen LogP contribution is -2.58. The van der Waals surface area contributed by atoms with E-state index in [1.165, 1.54) is 49.0 Å². The van der Waals surface area contributed by atoms with Gasteiger partial charge in [-0.3, -0.25) is 4.90 Å². The summed E-state index contributed by atoms with van der Waals surface area (Å²) in [4.78, 5) is 2.79. The molecule has 3 aromatic rings. The summed E-state index contributed by atoms with van der Waals surface area (Å²) in [6, 6.07) is 34.2. The summed E-state index contributed by atoms with van der Waals surface area (Å²) in [6.45, 7) is 3.40. The number of benzene rings is 3. The lowest BCUT2D eigenvalue weighted by molar-refractivity contribution is 0.0861. The highest BCUT2D eigenvalue weighted by Gasteiger charge is 2.44. The molecule has 0 spiro atoms. The molecular weight excluding hydrogens is 364 g/mol. The minimum atomic E-state index is 0.390. The molecule has 3 fully saturated rings. The van der Waals surface area contributed by atoms with Crippen LogP contribution in [0.25, 0.3) is 0 Å². The van der Waals surface area contributed by atoms with Crippen molar-refractivity contribution in [1.29, 1.82) is 0 Å². The largest absolute Gasteiger partial charge is 0.308 e. The van der Waals surface area contributed by atoms with Crippen LogP contribution in [-0.2, 0) is 6.54 Å². The molecule has 1 N–H and O–H groups in total. The van der Waals surface area contributed by atoms with Crippen LogP contribution >= 0.6 is 0 Å². The van der Waals surface area contributed by atoms with E-state index in [1.54, 1.807) is 0 Å². The van der Waals surface area contributed by atoms with Crippen molar-refractivity contribution in [2.45, 2.75) is 43.8 Å². The average Bonchev–Trinajstić information content (AvgIpc) is 3.15. The van der Waals surface area contributed by atoms with E-state index in [1.807, 2.05) is 0 Å². The number of hydrogen-bond donors (Lipinski definition) is 1. The zero-order chi connectivity index (χ0) is 20.2. The van der Waals surface area contributed by atoms with E-state index in [2.05, 4.69) is 101 Å². The molecule has 0 aromatic heterocycles. The second-order valence-corrected chi connectivity index (χ2v) is 8.91. The highest BCUT2D eigenvalue weighted by Crippen LogP contribution is 2.41. The Hall–Kier alpha value is -2.42. The van der Waals surface area contributed by atoms with Gasteiger partial charge in [0, 0.05) is 24.5 Å². The molecule has 3 aromatic carbocycles. The molecule has 30 heavy (non-hydrogen) atoms. The van der Waals surface area contributed by atoms with Gasteiger partial charge in [0.05, 0.1) is 0 Å². The van der Waals surface area contributed by atoms with Crippen molar-refractivity contribution in [3.63, 3.8) is 0 Å². The molecule has 0 radical (unpaired) electrons. The maximum Gasteiger partial charge on any atom is 0.0361 e. The first-order valence-electron chi connectivity index (χ1n) is 11.5. The maximum atomic E-state index is 4.04. The van der Waals surface area contributed by atoms with Crippen LogP contribution in [-0.4, -0.2) is 30.1 Å². The third kappa shape index (κ3) is 4.08. The van der Waals surface area contributed by atoms with Crippen LogP contribution in [0.5, 0.6) is 0 Å². The number of rotatable bonds is 6. The van der Waals surface area contributed by atoms with E-state index in [9.17, 15) is 0 Å². The molecule has 3 heterocycles. The summed E-state index contributed by atoms with van der Waals surface area (Å²) in [6.07, 6.45) is 3.98. The van der Waals surface area contributed by atoms with Gasteiger partial charge < -0.3 is 5.32 Å². The van der Waals surface area contributed by atoms with Gasteiger partial charge in [0.15, 0.2) is 0 Å². The Morgan fingerprint density at radius 1 is 0.733 bits per heavy atom. The second kappa shape index (κ2) is 9.16. The Morgan fingerprint density at radius 3 is 1.97 bits per heavy atom. The minimum Gasteiger partial charge on any atom is -0.308 e. The van der Waals surface area contributed by atoms with Gasteiger partial charge in [-0.1, -0.05) is 91.0 Å². The zero-order valence-corrected chi connectivity index (χ0v) is 17.7. The normalized spacial score (nSPS) is 25.9. The second-order valence-electron chi connectivity index (χ2n) is 8.91. The fraction of sp³-hybridized carbons (Fsp3) is 0.357. The molecule has 0 amide bonds. The minimum absolute atomic E-state index is 0.390. The van der Waals surface area contributed by atoms with Crippen molar-refractivity contribution in [1.82, 2.24) is 10.2 Å². The number of nitrogens with zero attached hydrogens (tertiary/aromatic N) is 1. The highest BCUT2D eigenvalue weighted by molar-refractivity contribution is 5.36. The lowest BCUT2D eigenvalue weighted by atomic mass is 9.74. The molecule has 0 aliphatic carbocycles. The molecule has 2 heteroatoms. The Labute approximate surface area is 180 Å². The number of nitrogens with one attached hydrogen (secondary N) is 1. The van der Waals surface area contributed by atoms with Gasteiger partial charge in [-0.15, -0.1) is 0 Å². The van der Waals surface area contributed by atoms with Crippen molar-refractivity contribution in [2.24, 2.45) is 5.92 Å². The SMILES string of the molecule is c1ccc(CNC2C3CCCN(CC3)C2C(c2ccccc2)c2ccccc2)cc1. The van der Waals surface area contributed by atoms with Crippen molar-refractivity contribution in [3.8, 4) is 0 Å². The van der Waals surface area contributed by atoms with Gasteiger partial charge in [0.25, 0.3) is 0 Å². The Kier molecular flexibility index (Phi) is 5.96. The summed E-state index contributed by atoms with van der Waals surface area (Å²) < 4.78 is 0. The molecule has 154 valence electrons. The smallest absolute Gasteiger partial charge is 0.0361 e. The lowest BCUT2D eigenvalue weighted by Gasteiger charge is -2.47. The van der Waals surface area contributed by atoms with Crippen LogP contribution in [0.2, 0.25) is 0 Å². The zero-order valence-electron chi connectivity index (χ0n) is 17.7. The molecule has 4 unspecified atom stereocenters. The maximum absolute atomic E-state index is 4.04. The molecule has 4 atom stereocenters. The average molecular weight is 397 g/mol. The summed E-state index contributed by atoms with van der Waals surface area (Å²) in [5, 5.41) is 4.04. The first-order valence-corrected chi connectivity index (χ1v) is 11.5. The monoisotopic (exact) mass is 396 g/mol. The molecule has 6 rings (SSSR count). The van der Waals surface area contributed by atoms with Gasteiger partial charge in [-0.05, 0) is 55.0 Å². The van der Waals surface area contributed by atoms with E-state index >= 15 is 0 Å². The third-order valence-corrected chi connectivity index (χ3v) is 7.15. The van der Waals surface area contributed by atoms with Crippen molar-refractivity contribution >= 4 is 0 Å². The standard InChI is InChI=1S/C28H32N2/c1-4-11-22(12-5-1)21-29-27-25-17-10-19-30(20-18-25)28(27)26(23-13-6-2-7-14-23)24-15-8-3-9-16-24/h1-9,11-16,25-29H,10,17-21H2. The quantitative estimate of drug-likeness (QED) is 0.595. The van der Waals surface area contributed by atoms with Crippen LogP contribution < -0.4 is 5.32 Å². The first kappa shape index (κ1) is 19.5. The predicted octanol–water partition coefficient (Wildman–Crippen LogP) is 5.46. The molecule has 3 saturated heterocycles. The third-order valence-electron chi connectivity index (χ3n) is 7.15. The fourth-order valence-corrected chi connectivity index (χ4v) is 5.75. The van der Waals surface area contributed by atoms with Gasteiger partial charge in [0.1, 0.15) is 0 Å². The topological polar surface area (TPSA) is 15.3 Å². The van der Waals surface area contributed by atoms with Crippen LogP contribution in [0.1, 0.15) is 41.9 Å². The van der Waals surface area contributed by atoms with E-state index in [4.69, 9.17) is 0 Å². The van der Waals surface area contributed by atoms with E-state index in [0.717, 1.165) is 12.5 Å². The number of fused-ring (bicyclic) bond motifs is 4. The molecule has 3 aliphatic heterocycles. The first-order chi connectivity index (χ1) is 14.9. The summed E-state index contributed by atoms with van der Waals surface area (Å²) in [5.41, 5.74) is 4.25. The van der Waals surface area contributed by atoms with Gasteiger partial charge >= 0.3 is 0 Å². The van der Waals surface area contributed by atoms with Gasteiger partial charge in [-0.2, -0.15) is 0 Å². The molecular formula is C28H32N2. The van der Waals surface area contributed by atoms with Gasteiger partial charge in [0.2, 0.25) is 0 Å². The Bertz CT molecular complexity index is 866. The van der Waals surface area contributed by atoms with Gasteiger partial charge in [-0.25, -0.2) is 0 Å². The van der Waals surface area contributed by atoms with Crippen LogP contribution in [0.3, 0.4) is 0 Å². The molecule has 3 aliphatic rings. The predicted molar refractivity (Wildman–Crippen MR) is 124 cm³/mol. The van der Waals surface area contributed by atoms with E-state index < -0.39 is 0 Å². The van der Waals surface area contributed by atoms with E-state index in [-0.39, 0.29) is 0 Å². The number of piperidine rings is 1. The van der Waals surface area contributed by atoms with Crippen molar-refractivity contribution in [3.05, 3.63) is 108 Å². The molecule has 2 bridgehead atoms. The summed E-state index contributed by atoms with van der Waals surface area (Å²) in [5.74, 6) is 1.15. The summed E-state index contributed by atoms with van der Waals surface area (Å²) in [7, 11) is 0. The highest BCUT2D eigenvalue weighted by atomic mass is 15.2. The van der Waals surface area contributed by atoms with Crippen LogP contribution in [0.15, 0.2) is 91.0 Å². The fourth-order valence-electron chi connectivity index (χ4n) is 5.75. The summed E-state index contributed by atoms with van der Waals surface area (Å²) >= 11 is 0. The van der Waals surface area contributed by atoms with Crippen LogP contribution in [0, 0.1) is 5.92 Å². The van der Waals surface area contributed by atoms with E-state index in [0.29, 0.717) is 18.0 Å². The number of hydrogen-bond acceptors (Lipinski definition) is 2. The molecule has 2 nitrogen and oxygen atoms in total. The van der Waals surface area contributed by atoms with Crippen LogP contribution in [0.4, 0.5) is 0 Å².